The van der Waals surface area contributed by atoms with Gasteiger partial charge in [-0.3, -0.25) is 9.59 Å². The molecule has 4 aliphatic rings. The van der Waals surface area contributed by atoms with Crippen molar-refractivity contribution in [1.29, 1.82) is 5.26 Å². The maximum absolute atomic E-state index is 14.4. The third kappa shape index (κ3) is 4.31. The van der Waals surface area contributed by atoms with E-state index in [4.69, 9.17) is 5.26 Å². The Labute approximate surface area is 170 Å². The number of hydrogen-bond acceptors (Lipinski definition) is 5. The smallest absolute Gasteiger partial charge is 0.247 e. The molecule has 0 spiro atoms. The van der Waals surface area contributed by atoms with Crippen LogP contribution in [-0.4, -0.2) is 55.7 Å². The molecule has 8 heteroatoms. The van der Waals surface area contributed by atoms with Crippen LogP contribution in [0.15, 0.2) is 11.1 Å². The van der Waals surface area contributed by atoms with Crippen molar-refractivity contribution in [1.82, 2.24) is 21.3 Å². The van der Waals surface area contributed by atoms with Crippen LogP contribution in [-0.2, 0) is 9.59 Å². The van der Waals surface area contributed by atoms with Gasteiger partial charge in [0.05, 0.1) is 24.4 Å². The monoisotopic (exact) mass is 403 g/mol. The molecule has 1 aliphatic carbocycles. The lowest BCUT2D eigenvalue weighted by atomic mass is 9.77. The Morgan fingerprint density at radius 1 is 1.34 bits per heavy atom. The zero-order valence-electron chi connectivity index (χ0n) is 16.8. The van der Waals surface area contributed by atoms with Gasteiger partial charge in [-0.05, 0) is 45.1 Å². The number of piperidine rings is 2. The number of fused-ring (bicyclic) bond motifs is 1. The minimum absolute atomic E-state index is 0.0374. The Morgan fingerprint density at radius 3 is 2.83 bits per heavy atom. The molecule has 0 aromatic heterocycles. The lowest BCUT2D eigenvalue weighted by molar-refractivity contribution is -0.124. The van der Waals surface area contributed by atoms with Crippen LogP contribution in [0.5, 0.6) is 0 Å². The molecule has 4 rings (SSSR count). The summed E-state index contributed by atoms with van der Waals surface area (Å²) in [5.74, 6) is -0.00849. The van der Waals surface area contributed by atoms with Gasteiger partial charge in [0.25, 0.3) is 0 Å². The quantitative estimate of drug-likeness (QED) is 0.536. The fourth-order valence-corrected chi connectivity index (χ4v) is 5.15. The van der Waals surface area contributed by atoms with Crippen LogP contribution < -0.4 is 21.3 Å². The highest BCUT2D eigenvalue weighted by molar-refractivity contribution is 6.00. The fourth-order valence-electron chi connectivity index (χ4n) is 5.15. The molecule has 3 heterocycles. The van der Waals surface area contributed by atoms with Crippen LogP contribution in [0.25, 0.3) is 0 Å². The van der Waals surface area contributed by atoms with Crippen molar-refractivity contribution in [3.8, 4) is 6.07 Å². The normalized spacial score (nSPS) is 35.9. The van der Waals surface area contributed by atoms with Crippen molar-refractivity contribution in [3.05, 3.63) is 11.1 Å². The molecule has 5 unspecified atom stereocenters. The first-order chi connectivity index (χ1) is 14.0. The average Bonchev–Trinajstić information content (AvgIpc) is 3.53. The number of rotatable bonds is 5. The number of hydrogen-bond donors (Lipinski definition) is 4. The van der Waals surface area contributed by atoms with E-state index in [1.807, 2.05) is 0 Å². The lowest BCUT2D eigenvalue weighted by Crippen LogP contribution is -2.57. The zero-order chi connectivity index (χ0) is 20.5. The molecule has 3 fully saturated rings. The number of halogens is 1. The Hall–Kier alpha value is -1.98. The summed E-state index contributed by atoms with van der Waals surface area (Å²) in [6.07, 6.45) is 2.13. The van der Waals surface area contributed by atoms with E-state index >= 15 is 0 Å². The van der Waals surface area contributed by atoms with Crippen LogP contribution in [0.1, 0.15) is 39.0 Å². The SMILES string of the molecule is C[C@@H](NC(=O)CC1=C(C2CC2)C2CNCCC2NC1=O)C1NCC(C#N)CC1F. The Balaban J connectivity index is 1.43. The van der Waals surface area contributed by atoms with Crippen molar-refractivity contribution in [2.45, 2.75) is 63.3 Å². The molecule has 0 aromatic rings. The van der Waals surface area contributed by atoms with Crippen LogP contribution >= 0.6 is 0 Å². The Bertz CT molecular complexity index is 744. The second-order valence-electron chi connectivity index (χ2n) is 8.93. The maximum Gasteiger partial charge on any atom is 0.247 e. The third-order valence-electron chi connectivity index (χ3n) is 6.78. The molecule has 1 saturated carbocycles. The Morgan fingerprint density at radius 2 is 2.14 bits per heavy atom. The van der Waals surface area contributed by atoms with Gasteiger partial charge in [0.15, 0.2) is 0 Å². The number of nitrogens with one attached hydrogen (secondary N) is 4. The van der Waals surface area contributed by atoms with Gasteiger partial charge in [-0.25, -0.2) is 4.39 Å². The van der Waals surface area contributed by atoms with Crippen LogP contribution in [0.4, 0.5) is 4.39 Å². The number of alkyl halides is 1. The molecule has 0 aromatic carbocycles. The third-order valence-corrected chi connectivity index (χ3v) is 6.78. The summed E-state index contributed by atoms with van der Waals surface area (Å²) in [6, 6.07) is 1.32. The highest BCUT2D eigenvalue weighted by Gasteiger charge is 2.43. The van der Waals surface area contributed by atoms with Crippen molar-refractivity contribution in [3.63, 3.8) is 0 Å². The fraction of sp³-hybridized carbons (Fsp3) is 0.762. The summed E-state index contributed by atoms with van der Waals surface area (Å²) >= 11 is 0. The highest BCUT2D eigenvalue weighted by atomic mass is 19.1. The minimum Gasteiger partial charge on any atom is -0.352 e. The predicted molar refractivity (Wildman–Crippen MR) is 105 cm³/mol. The molecule has 6 atom stereocenters. The standard InChI is InChI=1S/C21H30FN5O2/c1-11(20-16(22)6-12(8-23)9-25-20)26-18(28)7-14-19(13-2-3-13)15-10-24-5-4-17(15)27-21(14)29/h11-13,15-17,20,24-25H,2-7,9-10H2,1H3,(H,26,28)(H,27,29)/t11-,12?,15?,16?,17?,20?/m1/s1. The molecule has 7 nitrogen and oxygen atoms in total. The molecule has 2 saturated heterocycles. The van der Waals surface area contributed by atoms with Crippen molar-refractivity contribution in [2.75, 3.05) is 19.6 Å². The summed E-state index contributed by atoms with van der Waals surface area (Å²) in [7, 11) is 0. The summed E-state index contributed by atoms with van der Waals surface area (Å²) in [6.45, 7) is 3.94. The number of carbonyl (C=O) groups is 2. The van der Waals surface area contributed by atoms with E-state index in [0.717, 1.165) is 32.4 Å². The molecule has 0 bridgehead atoms. The number of amides is 2. The van der Waals surface area contributed by atoms with Crippen LogP contribution in [0, 0.1) is 29.1 Å². The van der Waals surface area contributed by atoms with Gasteiger partial charge in [-0.1, -0.05) is 5.57 Å². The number of carbonyl (C=O) groups excluding carboxylic acids is 2. The van der Waals surface area contributed by atoms with Crippen molar-refractivity contribution >= 4 is 11.8 Å². The molecular formula is C21H30FN5O2. The topological polar surface area (TPSA) is 106 Å². The molecule has 158 valence electrons. The van der Waals surface area contributed by atoms with E-state index in [-0.39, 0.29) is 42.5 Å². The lowest BCUT2D eigenvalue weighted by Gasteiger charge is -2.40. The second-order valence-corrected chi connectivity index (χ2v) is 8.93. The van der Waals surface area contributed by atoms with E-state index in [2.05, 4.69) is 27.3 Å². The maximum atomic E-state index is 14.4. The van der Waals surface area contributed by atoms with E-state index < -0.39 is 18.3 Å². The summed E-state index contributed by atoms with van der Waals surface area (Å²) in [4.78, 5) is 25.5. The van der Waals surface area contributed by atoms with Crippen LogP contribution in [0.3, 0.4) is 0 Å². The number of nitriles is 1. The average molecular weight is 404 g/mol. The van der Waals surface area contributed by atoms with Gasteiger partial charge < -0.3 is 21.3 Å². The zero-order valence-corrected chi connectivity index (χ0v) is 16.8. The molecule has 4 N–H and O–H groups in total. The molecule has 3 aliphatic heterocycles. The molecule has 29 heavy (non-hydrogen) atoms. The van der Waals surface area contributed by atoms with Gasteiger partial charge in [0, 0.05) is 36.7 Å². The number of nitrogens with zero attached hydrogens (tertiary/aromatic N) is 1. The largest absolute Gasteiger partial charge is 0.352 e. The van der Waals surface area contributed by atoms with E-state index in [0.29, 0.717) is 18.0 Å². The van der Waals surface area contributed by atoms with E-state index in [1.54, 1.807) is 6.92 Å². The summed E-state index contributed by atoms with van der Waals surface area (Å²) < 4.78 is 14.4. The van der Waals surface area contributed by atoms with Crippen molar-refractivity contribution < 1.29 is 14.0 Å². The first-order valence-electron chi connectivity index (χ1n) is 10.8. The minimum atomic E-state index is -1.18. The first kappa shape index (κ1) is 20.3. The van der Waals surface area contributed by atoms with Gasteiger partial charge in [-0.15, -0.1) is 0 Å². The predicted octanol–water partition coefficient (Wildman–Crippen LogP) is 0.535. The van der Waals surface area contributed by atoms with Gasteiger partial charge in [0.1, 0.15) is 6.17 Å². The second kappa shape index (κ2) is 8.41. The highest BCUT2D eigenvalue weighted by Crippen LogP contribution is 2.45. The van der Waals surface area contributed by atoms with Gasteiger partial charge in [-0.2, -0.15) is 5.26 Å². The van der Waals surface area contributed by atoms with Crippen molar-refractivity contribution in [2.24, 2.45) is 17.8 Å². The molecule has 2 amide bonds. The van der Waals surface area contributed by atoms with Crippen LogP contribution in [0.2, 0.25) is 0 Å². The van der Waals surface area contributed by atoms with Gasteiger partial charge >= 0.3 is 0 Å². The summed E-state index contributed by atoms with van der Waals surface area (Å²) in [5.41, 5.74) is 1.78. The van der Waals surface area contributed by atoms with Gasteiger partial charge in [0.2, 0.25) is 11.8 Å². The van der Waals surface area contributed by atoms with E-state index in [9.17, 15) is 14.0 Å². The molecule has 0 radical (unpaired) electrons. The Kier molecular flexibility index (Phi) is 5.88. The molecular weight excluding hydrogens is 373 g/mol. The first-order valence-corrected chi connectivity index (χ1v) is 10.8. The van der Waals surface area contributed by atoms with E-state index in [1.165, 1.54) is 5.57 Å². The summed E-state index contributed by atoms with van der Waals surface area (Å²) in [5, 5.41) is 21.4.